The van der Waals surface area contributed by atoms with Gasteiger partial charge < -0.3 is 0 Å². The molecule has 0 atom stereocenters. The highest BCUT2D eigenvalue weighted by Gasteiger charge is 2.01. The number of rotatable bonds is 1. The first-order chi connectivity index (χ1) is 7.83. The molecule has 0 amide bonds. The summed E-state index contributed by atoms with van der Waals surface area (Å²) in [7, 11) is 1.94. The van der Waals surface area contributed by atoms with Crippen LogP contribution in [0.4, 0.5) is 0 Å². The molecule has 2 aromatic carbocycles. The van der Waals surface area contributed by atoms with Crippen LogP contribution in [0.2, 0.25) is 0 Å². The van der Waals surface area contributed by atoms with Crippen LogP contribution in [-0.2, 0) is 7.05 Å². The summed E-state index contributed by atoms with van der Waals surface area (Å²) in [5, 5.41) is 5.53. The van der Waals surface area contributed by atoms with E-state index in [-0.39, 0.29) is 0 Å². The van der Waals surface area contributed by atoms with Crippen LogP contribution in [0.1, 0.15) is 0 Å². The molecule has 0 saturated carbocycles. The van der Waals surface area contributed by atoms with E-state index in [0.29, 0.717) is 0 Å². The van der Waals surface area contributed by atoms with E-state index in [1.165, 1.54) is 16.5 Å². The topological polar surface area (TPSA) is 17.8 Å². The maximum atomic E-state index is 4.36. The third-order valence-corrected chi connectivity index (χ3v) is 2.67. The van der Waals surface area contributed by atoms with Crippen LogP contribution in [0.25, 0.3) is 22.0 Å². The van der Waals surface area contributed by atoms with E-state index < -0.39 is 0 Å². The Labute approximate surface area is 94.1 Å². The van der Waals surface area contributed by atoms with Crippen LogP contribution in [-0.4, -0.2) is 9.78 Å². The molecule has 0 spiro atoms. The smallest absolute Gasteiger partial charge is 0.0923 e. The van der Waals surface area contributed by atoms with Crippen LogP contribution < -0.4 is 0 Å². The Morgan fingerprint density at radius 3 is 2.69 bits per heavy atom. The van der Waals surface area contributed by atoms with Gasteiger partial charge in [0.1, 0.15) is 0 Å². The summed E-state index contributed by atoms with van der Waals surface area (Å²) in [4.78, 5) is 0. The molecule has 0 fully saturated rings. The highest BCUT2D eigenvalue weighted by atomic mass is 15.2. The van der Waals surface area contributed by atoms with Crippen molar-refractivity contribution in [1.82, 2.24) is 9.78 Å². The summed E-state index contributed by atoms with van der Waals surface area (Å²) in [6, 6.07) is 17.4. The van der Waals surface area contributed by atoms with Gasteiger partial charge in [0, 0.05) is 18.6 Å². The number of aromatic nitrogens is 2. The minimum atomic E-state index is 1.04. The van der Waals surface area contributed by atoms with Gasteiger partial charge in [0.05, 0.1) is 5.52 Å². The molecule has 16 heavy (non-hydrogen) atoms. The van der Waals surface area contributed by atoms with Crippen LogP contribution in [0.5, 0.6) is 0 Å². The molecule has 3 aromatic rings. The fraction of sp³-hybridized carbons (Fsp3) is 0.0714. The van der Waals surface area contributed by atoms with E-state index >= 15 is 0 Å². The summed E-state index contributed by atoms with van der Waals surface area (Å²) in [5.41, 5.74) is 3.47. The fourth-order valence-corrected chi connectivity index (χ4v) is 1.91. The Kier molecular flexibility index (Phi) is 2.00. The van der Waals surface area contributed by atoms with Gasteiger partial charge in [-0.3, -0.25) is 4.68 Å². The monoisotopic (exact) mass is 207 g/mol. The van der Waals surface area contributed by atoms with Crippen molar-refractivity contribution in [2.45, 2.75) is 0 Å². The van der Waals surface area contributed by atoms with E-state index in [1.807, 2.05) is 30.1 Å². The van der Waals surface area contributed by atoms with Gasteiger partial charge in [-0.2, -0.15) is 5.10 Å². The summed E-state index contributed by atoms with van der Waals surface area (Å²) in [5.74, 6) is 0. The normalized spacial score (nSPS) is 10.8. The van der Waals surface area contributed by atoms with E-state index in [0.717, 1.165) is 5.52 Å². The van der Waals surface area contributed by atoms with Gasteiger partial charge in [0.2, 0.25) is 0 Å². The van der Waals surface area contributed by atoms with Crippen molar-refractivity contribution in [3.05, 3.63) is 54.7 Å². The lowest BCUT2D eigenvalue weighted by molar-refractivity contribution is 0.780. The number of hydrogen-bond acceptors (Lipinski definition) is 1. The molecule has 2 nitrogen and oxygen atoms in total. The predicted octanol–water partition coefficient (Wildman–Crippen LogP) is 3.04. The first kappa shape index (κ1) is 9.16. The molecule has 0 aliphatic heterocycles. The van der Waals surface area contributed by atoms with E-state index in [2.05, 4.69) is 41.5 Å². The number of nitrogens with zero attached hydrogens (tertiary/aromatic N) is 2. The van der Waals surface area contributed by atoms with Crippen molar-refractivity contribution in [1.29, 1.82) is 0 Å². The molecular formula is C14H11N2. The van der Waals surface area contributed by atoms with Gasteiger partial charge in [-0.05, 0) is 29.3 Å². The summed E-state index contributed by atoms with van der Waals surface area (Å²) >= 11 is 0. The lowest BCUT2D eigenvalue weighted by Gasteiger charge is -2.00. The second-order valence-electron chi connectivity index (χ2n) is 3.87. The first-order valence-electron chi connectivity index (χ1n) is 5.23. The third kappa shape index (κ3) is 1.48. The van der Waals surface area contributed by atoms with Crippen molar-refractivity contribution in [3.8, 4) is 11.1 Å². The average molecular weight is 207 g/mol. The lowest BCUT2D eigenvalue weighted by atomic mass is 10.0. The summed E-state index contributed by atoms with van der Waals surface area (Å²) in [6.07, 6.45) is 2.04. The minimum Gasteiger partial charge on any atom is -0.275 e. The predicted molar refractivity (Wildman–Crippen MR) is 65.0 cm³/mol. The fourth-order valence-electron chi connectivity index (χ4n) is 1.91. The van der Waals surface area contributed by atoms with Gasteiger partial charge in [0.25, 0.3) is 0 Å². The van der Waals surface area contributed by atoms with Crippen LogP contribution in [0.15, 0.2) is 48.7 Å². The Bertz CT molecular complexity index is 624. The zero-order valence-electron chi connectivity index (χ0n) is 9.01. The highest BCUT2D eigenvalue weighted by Crippen LogP contribution is 2.23. The SMILES string of the molecule is Cn1cc2cc(-c3cc[c]cc3)ccc2n1. The van der Waals surface area contributed by atoms with Crippen LogP contribution in [0.3, 0.4) is 0 Å². The molecule has 1 heterocycles. The van der Waals surface area contributed by atoms with Gasteiger partial charge >= 0.3 is 0 Å². The molecule has 1 radical (unpaired) electrons. The molecule has 0 aliphatic rings. The van der Waals surface area contributed by atoms with Crippen molar-refractivity contribution < 1.29 is 0 Å². The average Bonchev–Trinajstić information content (AvgIpc) is 2.69. The lowest BCUT2D eigenvalue weighted by Crippen LogP contribution is -1.84. The van der Waals surface area contributed by atoms with Gasteiger partial charge in [-0.1, -0.05) is 30.3 Å². The molecule has 0 bridgehead atoms. The Morgan fingerprint density at radius 1 is 1.06 bits per heavy atom. The number of fused-ring (bicyclic) bond motifs is 1. The molecule has 0 saturated heterocycles. The van der Waals surface area contributed by atoms with Crippen molar-refractivity contribution >= 4 is 10.9 Å². The van der Waals surface area contributed by atoms with Gasteiger partial charge in [-0.25, -0.2) is 0 Å². The largest absolute Gasteiger partial charge is 0.275 e. The van der Waals surface area contributed by atoms with Crippen LogP contribution in [0, 0.1) is 6.07 Å². The molecule has 3 rings (SSSR count). The second-order valence-corrected chi connectivity index (χ2v) is 3.87. The molecule has 1 aromatic heterocycles. The van der Waals surface area contributed by atoms with Gasteiger partial charge in [-0.15, -0.1) is 0 Å². The zero-order valence-corrected chi connectivity index (χ0v) is 9.01. The minimum absolute atomic E-state index is 1.04. The second kappa shape index (κ2) is 3.49. The highest BCUT2D eigenvalue weighted by molar-refractivity contribution is 5.84. The first-order valence-corrected chi connectivity index (χ1v) is 5.23. The maximum absolute atomic E-state index is 4.36. The van der Waals surface area contributed by atoms with Crippen molar-refractivity contribution in [3.63, 3.8) is 0 Å². The Balaban J connectivity index is 2.18. The third-order valence-electron chi connectivity index (χ3n) is 2.67. The van der Waals surface area contributed by atoms with Crippen molar-refractivity contribution in [2.24, 2.45) is 7.05 Å². The standard InChI is InChI=1S/C14H11N2/c1-16-10-13-9-12(7-8-14(13)15-16)11-5-3-2-4-6-11/h3-10H,1H3. The number of benzene rings is 2. The zero-order chi connectivity index (χ0) is 11.0. The number of hydrogen-bond donors (Lipinski definition) is 0. The molecular weight excluding hydrogens is 196 g/mol. The van der Waals surface area contributed by atoms with Crippen molar-refractivity contribution in [2.75, 3.05) is 0 Å². The van der Waals surface area contributed by atoms with E-state index in [4.69, 9.17) is 0 Å². The molecule has 0 unspecified atom stereocenters. The number of aryl methyl sites for hydroxylation is 1. The Hall–Kier alpha value is -2.09. The summed E-state index contributed by atoms with van der Waals surface area (Å²) in [6.45, 7) is 0. The van der Waals surface area contributed by atoms with Gasteiger partial charge in [0.15, 0.2) is 0 Å². The summed E-state index contributed by atoms with van der Waals surface area (Å²) < 4.78 is 1.84. The van der Waals surface area contributed by atoms with E-state index in [9.17, 15) is 0 Å². The van der Waals surface area contributed by atoms with Crippen LogP contribution >= 0.6 is 0 Å². The Morgan fingerprint density at radius 2 is 1.88 bits per heavy atom. The molecule has 0 aliphatic carbocycles. The van der Waals surface area contributed by atoms with E-state index in [1.54, 1.807) is 0 Å². The quantitative estimate of drug-likeness (QED) is 0.599. The molecule has 0 N–H and O–H groups in total. The maximum Gasteiger partial charge on any atom is 0.0923 e. The molecule has 77 valence electrons. The molecule has 2 heteroatoms.